The van der Waals surface area contributed by atoms with E-state index in [0.29, 0.717) is 6.42 Å². The summed E-state index contributed by atoms with van der Waals surface area (Å²) in [5.74, 6) is 0.758. The fourth-order valence-corrected chi connectivity index (χ4v) is 2.84. The maximum absolute atomic E-state index is 10.4. The molecule has 0 N–H and O–H groups in total. The van der Waals surface area contributed by atoms with Crippen LogP contribution in [0.4, 0.5) is 0 Å². The van der Waals surface area contributed by atoms with Gasteiger partial charge in [0.2, 0.25) is 0 Å². The van der Waals surface area contributed by atoms with Crippen LogP contribution >= 0.6 is 0 Å². The Balaban J connectivity index is 2.05. The second-order valence-electron chi connectivity index (χ2n) is 5.14. The smallest absolute Gasteiger partial charge is 0.120 e. The summed E-state index contributed by atoms with van der Waals surface area (Å²) in [6.45, 7) is 0. The Bertz CT molecular complexity index is 348. The zero-order valence-electron chi connectivity index (χ0n) is 10.5. The number of aryl methyl sites for hydroxylation is 1. The number of benzene rings is 1. The molecule has 17 heavy (non-hydrogen) atoms. The third-order valence-electron chi connectivity index (χ3n) is 3.83. The molecule has 0 spiro atoms. The largest absolute Gasteiger partial charge is 0.303 e. The summed E-state index contributed by atoms with van der Waals surface area (Å²) in [5.41, 5.74) is 2.81. The molecular weight excluding hydrogens is 208 g/mol. The van der Waals surface area contributed by atoms with Crippen LogP contribution in [-0.2, 0) is 11.2 Å². The number of carbonyl (C=O) groups is 1. The van der Waals surface area contributed by atoms with E-state index in [1.807, 2.05) is 0 Å². The van der Waals surface area contributed by atoms with Gasteiger partial charge in [-0.15, -0.1) is 0 Å². The molecule has 1 aliphatic carbocycles. The van der Waals surface area contributed by atoms with Crippen molar-refractivity contribution in [2.75, 3.05) is 0 Å². The van der Waals surface area contributed by atoms with Crippen LogP contribution in [0, 0.1) is 0 Å². The quantitative estimate of drug-likeness (QED) is 0.558. The van der Waals surface area contributed by atoms with Gasteiger partial charge in [-0.25, -0.2) is 0 Å². The van der Waals surface area contributed by atoms with Gasteiger partial charge in [-0.05, 0) is 36.3 Å². The van der Waals surface area contributed by atoms with Gasteiger partial charge in [0.05, 0.1) is 0 Å². The van der Waals surface area contributed by atoms with Crippen molar-refractivity contribution in [3.05, 3.63) is 35.4 Å². The lowest BCUT2D eigenvalue weighted by Crippen LogP contribution is -1.98. The fraction of sp³-hybridized carbons (Fsp3) is 0.562. The zero-order chi connectivity index (χ0) is 11.9. The highest BCUT2D eigenvalue weighted by Crippen LogP contribution is 2.31. The first-order valence-electron chi connectivity index (χ1n) is 6.92. The molecule has 0 amide bonds. The van der Waals surface area contributed by atoms with Crippen molar-refractivity contribution in [1.82, 2.24) is 0 Å². The van der Waals surface area contributed by atoms with Crippen molar-refractivity contribution in [3.8, 4) is 0 Å². The van der Waals surface area contributed by atoms with Gasteiger partial charge in [0.25, 0.3) is 0 Å². The molecule has 0 bridgehead atoms. The van der Waals surface area contributed by atoms with E-state index < -0.39 is 0 Å². The maximum Gasteiger partial charge on any atom is 0.120 e. The maximum atomic E-state index is 10.4. The molecule has 2 rings (SSSR count). The normalized spacial score (nSPS) is 17.6. The van der Waals surface area contributed by atoms with Gasteiger partial charge in [0.1, 0.15) is 6.29 Å². The lowest BCUT2D eigenvalue weighted by Gasteiger charge is -2.15. The second-order valence-corrected chi connectivity index (χ2v) is 5.14. The Morgan fingerprint density at radius 3 is 2.59 bits per heavy atom. The topological polar surface area (TPSA) is 17.1 Å². The first-order valence-corrected chi connectivity index (χ1v) is 6.92. The van der Waals surface area contributed by atoms with Gasteiger partial charge in [0, 0.05) is 6.42 Å². The third kappa shape index (κ3) is 3.69. The van der Waals surface area contributed by atoms with Gasteiger partial charge in [-0.2, -0.15) is 0 Å². The van der Waals surface area contributed by atoms with E-state index in [0.717, 1.165) is 18.6 Å². The van der Waals surface area contributed by atoms with Crippen LogP contribution in [-0.4, -0.2) is 6.29 Å². The number of aldehydes is 1. The van der Waals surface area contributed by atoms with Crippen LogP contribution in [0.3, 0.4) is 0 Å². The van der Waals surface area contributed by atoms with E-state index in [1.54, 1.807) is 0 Å². The highest BCUT2D eigenvalue weighted by molar-refractivity contribution is 5.50. The fourth-order valence-electron chi connectivity index (χ4n) is 2.84. The summed E-state index contributed by atoms with van der Waals surface area (Å²) in [6.07, 6.45) is 10.8. The standard InChI is InChI=1S/C16H22O/c17-12-6-8-14-7-5-11-16(13-14)15-9-3-1-2-4-10-15/h5,7,11-13,15H,1-4,6,8-10H2. The number of hydrogen-bond acceptors (Lipinski definition) is 1. The molecule has 0 radical (unpaired) electrons. The molecule has 0 atom stereocenters. The van der Waals surface area contributed by atoms with Crippen LogP contribution in [0.15, 0.2) is 24.3 Å². The summed E-state index contributed by atoms with van der Waals surface area (Å²) in [7, 11) is 0. The minimum Gasteiger partial charge on any atom is -0.303 e. The molecule has 1 fully saturated rings. The van der Waals surface area contributed by atoms with E-state index in [1.165, 1.54) is 49.7 Å². The predicted molar refractivity (Wildman–Crippen MR) is 71.3 cm³/mol. The Labute approximate surface area is 104 Å². The van der Waals surface area contributed by atoms with Gasteiger partial charge < -0.3 is 4.79 Å². The molecule has 1 aliphatic rings. The summed E-state index contributed by atoms with van der Waals surface area (Å²) in [6, 6.07) is 8.88. The van der Waals surface area contributed by atoms with Gasteiger partial charge in [-0.1, -0.05) is 49.9 Å². The second kappa shape index (κ2) is 6.58. The molecule has 0 unspecified atom stereocenters. The van der Waals surface area contributed by atoms with Crippen molar-refractivity contribution in [2.45, 2.75) is 57.3 Å². The first kappa shape index (κ1) is 12.3. The van der Waals surface area contributed by atoms with Crippen LogP contribution in [0.5, 0.6) is 0 Å². The summed E-state index contributed by atoms with van der Waals surface area (Å²) in [5, 5.41) is 0. The van der Waals surface area contributed by atoms with E-state index in [4.69, 9.17) is 0 Å². The average Bonchev–Trinajstić information content (AvgIpc) is 2.65. The SMILES string of the molecule is O=CCCc1cccc(C2CCCCCC2)c1. The number of hydrogen-bond donors (Lipinski definition) is 0. The molecule has 1 nitrogen and oxygen atoms in total. The highest BCUT2D eigenvalue weighted by Gasteiger charge is 2.14. The molecule has 0 heterocycles. The lowest BCUT2D eigenvalue weighted by molar-refractivity contribution is -0.107. The third-order valence-corrected chi connectivity index (χ3v) is 3.83. The Kier molecular flexibility index (Phi) is 4.78. The minimum absolute atomic E-state index is 0.647. The van der Waals surface area contributed by atoms with Crippen molar-refractivity contribution in [1.29, 1.82) is 0 Å². The predicted octanol–water partition coefficient (Wildman–Crippen LogP) is 4.26. The van der Waals surface area contributed by atoms with Crippen LogP contribution < -0.4 is 0 Å². The van der Waals surface area contributed by atoms with Crippen molar-refractivity contribution in [3.63, 3.8) is 0 Å². The Morgan fingerprint density at radius 1 is 1.12 bits per heavy atom. The molecule has 0 aliphatic heterocycles. The molecule has 92 valence electrons. The van der Waals surface area contributed by atoms with Crippen molar-refractivity contribution < 1.29 is 4.79 Å². The minimum atomic E-state index is 0.647. The van der Waals surface area contributed by atoms with Gasteiger partial charge in [-0.3, -0.25) is 0 Å². The highest BCUT2D eigenvalue weighted by atomic mass is 16.1. The Morgan fingerprint density at radius 2 is 1.88 bits per heavy atom. The molecule has 1 aromatic carbocycles. The molecule has 0 aromatic heterocycles. The van der Waals surface area contributed by atoms with E-state index in [-0.39, 0.29) is 0 Å². The summed E-state index contributed by atoms with van der Waals surface area (Å²) >= 11 is 0. The van der Waals surface area contributed by atoms with E-state index >= 15 is 0 Å². The van der Waals surface area contributed by atoms with E-state index in [9.17, 15) is 4.79 Å². The van der Waals surface area contributed by atoms with Crippen LogP contribution in [0.1, 0.15) is 62.0 Å². The molecular formula is C16H22O. The summed E-state index contributed by atoms with van der Waals surface area (Å²) < 4.78 is 0. The average molecular weight is 230 g/mol. The first-order chi connectivity index (χ1) is 8.40. The van der Waals surface area contributed by atoms with E-state index in [2.05, 4.69) is 24.3 Å². The number of carbonyl (C=O) groups excluding carboxylic acids is 1. The summed E-state index contributed by atoms with van der Waals surface area (Å²) in [4.78, 5) is 10.4. The monoisotopic (exact) mass is 230 g/mol. The lowest BCUT2D eigenvalue weighted by atomic mass is 9.90. The molecule has 1 aromatic rings. The van der Waals surface area contributed by atoms with Crippen LogP contribution in [0.2, 0.25) is 0 Å². The van der Waals surface area contributed by atoms with Crippen molar-refractivity contribution >= 4 is 6.29 Å². The molecule has 0 saturated heterocycles. The zero-order valence-corrected chi connectivity index (χ0v) is 10.5. The van der Waals surface area contributed by atoms with Gasteiger partial charge in [0.15, 0.2) is 0 Å². The molecule has 1 heteroatoms. The van der Waals surface area contributed by atoms with Gasteiger partial charge >= 0.3 is 0 Å². The number of rotatable bonds is 4. The van der Waals surface area contributed by atoms with Crippen molar-refractivity contribution in [2.24, 2.45) is 0 Å². The van der Waals surface area contributed by atoms with Crippen LogP contribution in [0.25, 0.3) is 0 Å². The Hall–Kier alpha value is -1.11. The molecule has 1 saturated carbocycles.